The highest BCUT2D eigenvalue weighted by Crippen LogP contribution is 2.30. The zero-order valence-electron chi connectivity index (χ0n) is 10.3. The molecule has 1 aromatic heterocycles. The molecule has 1 aliphatic rings. The summed E-state index contributed by atoms with van der Waals surface area (Å²) < 4.78 is 23.5. The van der Waals surface area contributed by atoms with Gasteiger partial charge in [0.2, 0.25) is 10.0 Å². The van der Waals surface area contributed by atoms with Crippen LogP contribution >= 0.6 is 11.3 Å². The monoisotopic (exact) mass is 297 g/mol. The summed E-state index contributed by atoms with van der Waals surface area (Å²) in [6.45, 7) is 0. The van der Waals surface area contributed by atoms with Crippen LogP contribution in [-0.4, -0.2) is 19.4 Å². The molecule has 2 aromatic rings. The van der Waals surface area contributed by atoms with E-state index in [9.17, 15) is 8.42 Å². The highest BCUT2D eigenvalue weighted by Gasteiger charge is 2.17. The molecular weight excluding hydrogens is 282 g/mol. The van der Waals surface area contributed by atoms with E-state index in [0.29, 0.717) is 6.04 Å². The lowest BCUT2D eigenvalue weighted by atomic mass is 10.3. The molecule has 5 nitrogen and oxygen atoms in total. The van der Waals surface area contributed by atoms with Gasteiger partial charge in [-0.1, -0.05) is 24.2 Å². The van der Waals surface area contributed by atoms with Crippen LogP contribution in [0.3, 0.4) is 0 Å². The number of sulfonamides is 1. The Morgan fingerprint density at radius 3 is 2.74 bits per heavy atom. The highest BCUT2D eigenvalue weighted by atomic mass is 32.2. The number of benzene rings is 1. The number of aromatic nitrogens is 1. The van der Waals surface area contributed by atoms with Crippen molar-refractivity contribution in [2.75, 3.05) is 5.32 Å². The molecule has 3 rings (SSSR count). The van der Waals surface area contributed by atoms with Gasteiger partial charge in [-0.25, -0.2) is 18.5 Å². The fourth-order valence-corrected chi connectivity index (χ4v) is 3.98. The molecule has 1 heterocycles. The zero-order valence-corrected chi connectivity index (χ0v) is 11.9. The van der Waals surface area contributed by atoms with Crippen molar-refractivity contribution in [3.63, 3.8) is 0 Å². The van der Waals surface area contributed by atoms with Crippen LogP contribution in [0.25, 0.3) is 10.2 Å². The number of nitrogens with zero attached hydrogens (tertiary/aromatic N) is 1. The number of primary sulfonamides is 1. The van der Waals surface area contributed by atoms with Crippen LogP contribution in [0.2, 0.25) is 0 Å². The second-order valence-electron chi connectivity index (χ2n) is 4.82. The first-order chi connectivity index (χ1) is 9.02. The number of anilines is 1. The summed E-state index contributed by atoms with van der Waals surface area (Å²) in [4.78, 5) is 4.61. The van der Waals surface area contributed by atoms with Crippen molar-refractivity contribution >= 4 is 36.7 Å². The van der Waals surface area contributed by atoms with Crippen LogP contribution < -0.4 is 10.5 Å². The Hall–Kier alpha value is -1.18. The van der Waals surface area contributed by atoms with E-state index in [1.807, 2.05) is 0 Å². The minimum Gasteiger partial charge on any atom is -0.359 e. The van der Waals surface area contributed by atoms with E-state index in [1.54, 1.807) is 12.1 Å². The third kappa shape index (κ3) is 2.72. The SMILES string of the molecule is NS(=O)(=O)c1ccc2nc(NC3CCCC3)sc2c1. The van der Waals surface area contributed by atoms with Crippen LogP contribution in [0.1, 0.15) is 25.7 Å². The Labute approximate surface area is 115 Å². The Morgan fingerprint density at radius 1 is 1.32 bits per heavy atom. The molecule has 7 heteroatoms. The van der Waals surface area contributed by atoms with Gasteiger partial charge in [0.1, 0.15) is 0 Å². The first-order valence-corrected chi connectivity index (χ1v) is 8.58. The molecule has 1 aliphatic carbocycles. The van der Waals surface area contributed by atoms with Crippen LogP contribution in [-0.2, 0) is 10.0 Å². The number of rotatable bonds is 3. The van der Waals surface area contributed by atoms with E-state index in [1.165, 1.54) is 43.1 Å². The molecule has 0 unspecified atom stereocenters. The molecule has 1 fully saturated rings. The lowest BCUT2D eigenvalue weighted by Crippen LogP contribution is -2.13. The van der Waals surface area contributed by atoms with Gasteiger partial charge in [0.05, 0.1) is 15.1 Å². The molecule has 0 amide bonds. The Bertz CT molecular complexity index is 703. The van der Waals surface area contributed by atoms with E-state index < -0.39 is 10.0 Å². The summed E-state index contributed by atoms with van der Waals surface area (Å²) >= 11 is 1.47. The minimum absolute atomic E-state index is 0.135. The van der Waals surface area contributed by atoms with Crippen LogP contribution in [0, 0.1) is 0 Å². The Kier molecular flexibility index (Phi) is 3.20. The van der Waals surface area contributed by atoms with Gasteiger partial charge in [-0.3, -0.25) is 0 Å². The van der Waals surface area contributed by atoms with E-state index in [0.717, 1.165) is 15.3 Å². The molecule has 102 valence electrons. The summed E-state index contributed by atoms with van der Waals surface area (Å²) in [5, 5.41) is 9.40. The fourth-order valence-electron chi connectivity index (χ4n) is 2.39. The smallest absolute Gasteiger partial charge is 0.238 e. The number of hydrogen-bond acceptors (Lipinski definition) is 5. The van der Waals surface area contributed by atoms with Crippen molar-refractivity contribution in [3.8, 4) is 0 Å². The van der Waals surface area contributed by atoms with E-state index in [2.05, 4.69) is 10.3 Å². The number of fused-ring (bicyclic) bond motifs is 1. The largest absolute Gasteiger partial charge is 0.359 e. The predicted octanol–water partition coefficient (Wildman–Crippen LogP) is 2.30. The molecular formula is C12H15N3O2S2. The van der Waals surface area contributed by atoms with Crippen LogP contribution in [0.5, 0.6) is 0 Å². The quantitative estimate of drug-likeness (QED) is 0.910. The lowest BCUT2D eigenvalue weighted by molar-refractivity contribution is 0.598. The standard InChI is InChI=1S/C12H15N3O2S2/c13-19(16,17)9-5-6-10-11(7-9)18-12(15-10)14-8-3-1-2-4-8/h5-8H,1-4H2,(H,14,15)(H2,13,16,17). The summed E-state index contributed by atoms with van der Waals surface area (Å²) in [7, 11) is -3.65. The second-order valence-corrected chi connectivity index (χ2v) is 7.41. The van der Waals surface area contributed by atoms with Gasteiger partial charge in [0.15, 0.2) is 5.13 Å². The molecule has 0 atom stereocenters. The average Bonchev–Trinajstić information content (AvgIpc) is 2.95. The molecule has 0 bridgehead atoms. The summed E-state index contributed by atoms with van der Waals surface area (Å²) in [6.07, 6.45) is 4.88. The first-order valence-electron chi connectivity index (χ1n) is 6.22. The van der Waals surface area contributed by atoms with Crippen LogP contribution in [0.15, 0.2) is 23.1 Å². The number of thiazole rings is 1. The average molecular weight is 297 g/mol. The highest BCUT2D eigenvalue weighted by molar-refractivity contribution is 7.89. The number of nitrogens with one attached hydrogen (secondary N) is 1. The third-order valence-corrected chi connectivity index (χ3v) is 5.23. The van der Waals surface area contributed by atoms with Gasteiger partial charge in [-0.15, -0.1) is 0 Å². The molecule has 0 spiro atoms. The predicted molar refractivity (Wildman–Crippen MR) is 76.9 cm³/mol. The van der Waals surface area contributed by atoms with Gasteiger partial charge in [-0.05, 0) is 31.0 Å². The van der Waals surface area contributed by atoms with Crippen molar-refractivity contribution in [1.82, 2.24) is 4.98 Å². The first kappa shape index (κ1) is 12.8. The molecule has 3 N–H and O–H groups in total. The van der Waals surface area contributed by atoms with Gasteiger partial charge in [0.25, 0.3) is 0 Å². The van der Waals surface area contributed by atoms with Crippen molar-refractivity contribution < 1.29 is 8.42 Å². The normalized spacial score (nSPS) is 17.1. The second kappa shape index (κ2) is 4.73. The molecule has 19 heavy (non-hydrogen) atoms. The maximum atomic E-state index is 11.3. The summed E-state index contributed by atoms with van der Waals surface area (Å²) in [5.41, 5.74) is 0.804. The van der Waals surface area contributed by atoms with Gasteiger partial charge >= 0.3 is 0 Å². The molecule has 0 radical (unpaired) electrons. The zero-order chi connectivity index (χ0) is 13.5. The minimum atomic E-state index is -3.65. The molecule has 1 saturated carbocycles. The number of nitrogens with two attached hydrogens (primary N) is 1. The fraction of sp³-hybridized carbons (Fsp3) is 0.417. The van der Waals surface area contributed by atoms with Crippen molar-refractivity contribution in [1.29, 1.82) is 0 Å². The number of hydrogen-bond donors (Lipinski definition) is 2. The topological polar surface area (TPSA) is 85.1 Å². The van der Waals surface area contributed by atoms with Crippen molar-refractivity contribution in [2.45, 2.75) is 36.6 Å². The molecule has 0 saturated heterocycles. The van der Waals surface area contributed by atoms with Crippen molar-refractivity contribution in [2.24, 2.45) is 5.14 Å². The summed E-state index contributed by atoms with van der Waals surface area (Å²) in [6, 6.07) is 5.28. The van der Waals surface area contributed by atoms with Crippen LogP contribution in [0.4, 0.5) is 5.13 Å². The van der Waals surface area contributed by atoms with Gasteiger partial charge in [0, 0.05) is 6.04 Å². The van der Waals surface area contributed by atoms with E-state index >= 15 is 0 Å². The maximum absolute atomic E-state index is 11.3. The Balaban J connectivity index is 1.92. The maximum Gasteiger partial charge on any atom is 0.238 e. The molecule has 1 aromatic carbocycles. The van der Waals surface area contributed by atoms with Crippen molar-refractivity contribution in [3.05, 3.63) is 18.2 Å². The van der Waals surface area contributed by atoms with Gasteiger partial charge in [-0.2, -0.15) is 0 Å². The van der Waals surface area contributed by atoms with Gasteiger partial charge < -0.3 is 5.32 Å². The molecule has 0 aliphatic heterocycles. The van der Waals surface area contributed by atoms with E-state index in [-0.39, 0.29) is 4.90 Å². The summed E-state index contributed by atoms with van der Waals surface area (Å²) in [5.74, 6) is 0. The third-order valence-electron chi connectivity index (χ3n) is 3.37. The van der Waals surface area contributed by atoms with E-state index in [4.69, 9.17) is 5.14 Å². The lowest BCUT2D eigenvalue weighted by Gasteiger charge is -2.09. The Morgan fingerprint density at radius 2 is 2.05 bits per heavy atom.